The first-order valence-electron chi connectivity index (χ1n) is 7.49. The van der Waals surface area contributed by atoms with Crippen molar-refractivity contribution in [1.29, 1.82) is 0 Å². The number of carbonyl (C=O) groups is 1. The summed E-state index contributed by atoms with van der Waals surface area (Å²) in [6.07, 6.45) is 0. The molecule has 1 fully saturated rings. The Morgan fingerprint density at radius 2 is 1.78 bits per heavy atom. The summed E-state index contributed by atoms with van der Waals surface area (Å²) in [5.41, 5.74) is 1.01. The number of aryl methyl sites for hydroxylation is 1. The van der Waals surface area contributed by atoms with Crippen molar-refractivity contribution in [3.05, 3.63) is 23.6 Å². The number of methoxy groups -OCH3 is 1. The molecule has 0 N–H and O–H groups in total. The first kappa shape index (κ1) is 16.0. The normalized spacial score (nSPS) is 19.3. The third-order valence-corrected chi connectivity index (χ3v) is 4.53. The number of nitrogens with zero attached hydrogens (tertiary/aromatic N) is 1. The molecule has 6 nitrogen and oxygen atoms in total. The fraction of sp³-hybridized carbons (Fsp3) is 0.500. The lowest BCUT2D eigenvalue weighted by atomic mass is 9.78. The lowest BCUT2D eigenvalue weighted by Gasteiger charge is -2.32. The summed E-state index contributed by atoms with van der Waals surface area (Å²) in [6.45, 7) is 9.72. The Morgan fingerprint density at radius 1 is 1.17 bits per heavy atom. The third-order valence-electron chi connectivity index (χ3n) is 4.53. The van der Waals surface area contributed by atoms with Gasteiger partial charge in [0.2, 0.25) is 0 Å². The van der Waals surface area contributed by atoms with E-state index in [2.05, 4.69) is 4.98 Å². The summed E-state index contributed by atoms with van der Waals surface area (Å²) >= 11 is 0. The molecule has 1 aliphatic heterocycles. The van der Waals surface area contributed by atoms with Gasteiger partial charge in [-0.2, -0.15) is 0 Å². The Hall–Kier alpha value is -1.86. The molecular formula is C16H20BNO5. The zero-order chi connectivity index (χ0) is 17.0. The number of pyridine rings is 1. The van der Waals surface area contributed by atoms with Gasteiger partial charge >= 0.3 is 13.1 Å². The van der Waals surface area contributed by atoms with Gasteiger partial charge in [0.1, 0.15) is 17.0 Å². The van der Waals surface area contributed by atoms with Crippen LogP contribution in [0.5, 0.6) is 0 Å². The maximum Gasteiger partial charge on any atom is 0.498 e. The van der Waals surface area contributed by atoms with Crippen LogP contribution in [0.2, 0.25) is 0 Å². The number of furan rings is 1. The van der Waals surface area contributed by atoms with E-state index in [4.69, 9.17) is 18.5 Å². The summed E-state index contributed by atoms with van der Waals surface area (Å²) in [7, 11) is 0.683. The van der Waals surface area contributed by atoms with Crippen LogP contribution in [0.25, 0.3) is 11.1 Å². The highest BCUT2D eigenvalue weighted by Crippen LogP contribution is 2.37. The van der Waals surface area contributed by atoms with Gasteiger partial charge in [0.05, 0.1) is 18.3 Å². The summed E-state index contributed by atoms with van der Waals surface area (Å²) in [4.78, 5) is 16.2. The maximum absolute atomic E-state index is 11.9. The Kier molecular flexibility index (Phi) is 3.53. The Balaban J connectivity index is 2.15. The predicted octanol–water partition coefficient (Wildman–Crippen LogP) is 2.22. The number of hydrogen-bond acceptors (Lipinski definition) is 6. The molecule has 122 valence electrons. The fourth-order valence-corrected chi connectivity index (χ4v) is 2.52. The van der Waals surface area contributed by atoms with E-state index in [0.29, 0.717) is 22.3 Å². The van der Waals surface area contributed by atoms with Crippen molar-refractivity contribution in [2.24, 2.45) is 0 Å². The van der Waals surface area contributed by atoms with Crippen molar-refractivity contribution < 1.29 is 23.3 Å². The number of ether oxygens (including phenoxy) is 1. The van der Waals surface area contributed by atoms with E-state index in [9.17, 15) is 4.79 Å². The lowest BCUT2D eigenvalue weighted by molar-refractivity contribution is 0.00578. The molecule has 23 heavy (non-hydrogen) atoms. The van der Waals surface area contributed by atoms with E-state index in [1.54, 1.807) is 12.1 Å². The monoisotopic (exact) mass is 317 g/mol. The lowest BCUT2D eigenvalue weighted by Crippen LogP contribution is -2.41. The first-order valence-corrected chi connectivity index (χ1v) is 7.49. The number of carbonyl (C=O) groups excluding carboxylic acids is 1. The maximum atomic E-state index is 11.9. The molecule has 2 aromatic heterocycles. The number of rotatable bonds is 2. The average Bonchev–Trinajstić information content (AvgIpc) is 2.92. The molecule has 0 atom stereocenters. The van der Waals surface area contributed by atoms with E-state index in [1.807, 2.05) is 34.6 Å². The molecule has 0 aromatic carbocycles. The number of hydrogen-bond donors (Lipinski definition) is 0. The summed E-state index contributed by atoms with van der Waals surface area (Å²) < 4.78 is 22.7. The molecule has 0 saturated carbocycles. The van der Waals surface area contributed by atoms with Gasteiger partial charge in [-0.1, -0.05) is 0 Å². The van der Waals surface area contributed by atoms with Gasteiger partial charge in [-0.05, 0) is 40.7 Å². The van der Waals surface area contributed by atoms with E-state index in [1.165, 1.54) is 7.11 Å². The largest absolute Gasteiger partial charge is 0.498 e. The van der Waals surface area contributed by atoms with Gasteiger partial charge in [0, 0.05) is 11.5 Å². The molecule has 0 bridgehead atoms. The van der Waals surface area contributed by atoms with Crippen molar-refractivity contribution in [3.63, 3.8) is 0 Å². The average molecular weight is 317 g/mol. The van der Waals surface area contributed by atoms with Gasteiger partial charge in [-0.15, -0.1) is 0 Å². The molecule has 0 unspecified atom stereocenters. The van der Waals surface area contributed by atoms with Gasteiger partial charge in [-0.25, -0.2) is 9.78 Å². The molecule has 0 amide bonds. The van der Waals surface area contributed by atoms with E-state index in [0.717, 1.165) is 0 Å². The van der Waals surface area contributed by atoms with E-state index < -0.39 is 24.3 Å². The van der Waals surface area contributed by atoms with Crippen LogP contribution >= 0.6 is 0 Å². The molecule has 1 aliphatic rings. The zero-order valence-electron chi connectivity index (χ0n) is 14.2. The van der Waals surface area contributed by atoms with Crippen LogP contribution in [-0.2, 0) is 14.0 Å². The quantitative estimate of drug-likeness (QED) is 0.625. The smallest absolute Gasteiger partial charge is 0.464 e. The summed E-state index contributed by atoms with van der Waals surface area (Å²) in [5, 5.41) is 0. The van der Waals surface area contributed by atoms with Gasteiger partial charge in [-0.3, -0.25) is 0 Å². The number of aromatic nitrogens is 1. The Morgan fingerprint density at radius 3 is 2.35 bits per heavy atom. The van der Waals surface area contributed by atoms with Crippen molar-refractivity contribution in [2.75, 3.05) is 7.11 Å². The van der Waals surface area contributed by atoms with Crippen LogP contribution in [0.4, 0.5) is 0 Å². The van der Waals surface area contributed by atoms with Gasteiger partial charge in [0.15, 0.2) is 5.58 Å². The summed E-state index contributed by atoms with van der Waals surface area (Å²) in [6, 6.07) is 3.38. The minimum Gasteiger partial charge on any atom is -0.464 e. The molecule has 2 aromatic rings. The molecule has 3 rings (SSSR count). The molecule has 7 heteroatoms. The zero-order valence-corrected chi connectivity index (χ0v) is 14.2. The fourth-order valence-electron chi connectivity index (χ4n) is 2.52. The van der Waals surface area contributed by atoms with Crippen LogP contribution in [0.3, 0.4) is 0 Å². The molecule has 3 heterocycles. The van der Waals surface area contributed by atoms with Crippen LogP contribution in [0, 0.1) is 6.92 Å². The van der Waals surface area contributed by atoms with E-state index in [-0.39, 0.29) is 5.69 Å². The highest BCUT2D eigenvalue weighted by molar-refractivity contribution is 6.64. The second-order valence-corrected chi connectivity index (χ2v) is 6.75. The molecule has 1 saturated heterocycles. The van der Waals surface area contributed by atoms with Gasteiger partial charge < -0.3 is 18.5 Å². The van der Waals surface area contributed by atoms with Crippen LogP contribution in [0.15, 0.2) is 16.5 Å². The highest BCUT2D eigenvalue weighted by Gasteiger charge is 2.52. The van der Waals surface area contributed by atoms with E-state index >= 15 is 0 Å². The molecule has 0 aliphatic carbocycles. The predicted molar refractivity (Wildman–Crippen MR) is 85.8 cm³/mol. The first-order chi connectivity index (χ1) is 10.6. The van der Waals surface area contributed by atoms with Crippen LogP contribution < -0.4 is 5.46 Å². The van der Waals surface area contributed by atoms with Crippen molar-refractivity contribution in [1.82, 2.24) is 4.98 Å². The summed E-state index contributed by atoms with van der Waals surface area (Å²) in [5.74, 6) is 0.191. The topological polar surface area (TPSA) is 70.8 Å². The Labute approximate surface area is 135 Å². The van der Waals surface area contributed by atoms with Gasteiger partial charge in [0.25, 0.3) is 0 Å². The number of esters is 1. The minimum atomic E-state index is -0.639. The third kappa shape index (κ3) is 2.54. The number of fused-ring (bicyclic) bond motifs is 1. The van der Waals surface area contributed by atoms with Crippen molar-refractivity contribution in [3.8, 4) is 0 Å². The Bertz CT molecular complexity index is 764. The standard InChI is InChI=1S/C16H20BNO5/c1-9-7-11-13(21-9)10(8-12(18-11)14(19)20-6)17-22-15(2,3)16(4,5)23-17/h7-8H,1-6H3. The highest BCUT2D eigenvalue weighted by atomic mass is 16.7. The second-order valence-electron chi connectivity index (χ2n) is 6.75. The minimum absolute atomic E-state index is 0.200. The van der Waals surface area contributed by atoms with Crippen LogP contribution in [0.1, 0.15) is 43.9 Å². The second kappa shape index (κ2) is 5.07. The molecule has 0 radical (unpaired) electrons. The van der Waals surface area contributed by atoms with Crippen molar-refractivity contribution in [2.45, 2.75) is 45.8 Å². The SMILES string of the molecule is COC(=O)c1cc(B2OC(C)(C)C(C)(C)O2)c2oc(C)cc2n1. The molecule has 0 spiro atoms. The van der Waals surface area contributed by atoms with Crippen LogP contribution in [-0.4, -0.2) is 36.4 Å². The van der Waals surface area contributed by atoms with Crippen molar-refractivity contribution >= 4 is 29.7 Å². The molecular weight excluding hydrogens is 297 g/mol.